The van der Waals surface area contributed by atoms with Gasteiger partial charge in [0.1, 0.15) is 0 Å². The van der Waals surface area contributed by atoms with Gasteiger partial charge in [0.2, 0.25) is 5.91 Å². The minimum Gasteiger partial charge on any atom is -0.285 e. The van der Waals surface area contributed by atoms with Crippen LogP contribution >= 0.6 is 11.8 Å². The molecule has 1 unspecified atom stereocenters. The van der Waals surface area contributed by atoms with Gasteiger partial charge in [-0.05, 0) is 22.8 Å². The highest BCUT2D eigenvalue weighted by molar-refractivity contribution is 8.15. The van der Waals surface area contributed by atoms with Crippen molar-refractivity contribution in [1.82, 2.24) is 4.90 Å². The fourth-order valence-electron chi connectivity index (χ4n) is 3.34. The Kier molecular flexibility index (Phi) is 5.86. The lowest BCUT2D eigenvalue weighted by molar-refractivity contribution is -0.125. The number of nitrogens with zero attached hydrogens (tertiary/aromatic N) is 3. The third kappa shape index (κ3) is 4.30. The Bertz CT molecular complexity index is 1090. The van der Waals surface area contributed by atoms with Crippen LogP contribution in [0.15, 0.2) is 95.7 Å². The van der Waals surface area contributed by atoms with Gasteiger partial charge in [-0.1, -0.05) is 90.6 Å². The van der Waals surface area contributed by atoms with Crippen LogP contribution in [0.25, 0.3) is 10.8 Å². The van der Waals surface area contributed by atoms with Gasteiger partial charge in [0.05, 0.1) is 11.5 Å². The average molecular weight is 400 g/mol. The zero-order chi connectivity index (χ0) is 20.1. The summed E-state index contributed by atoms with van der Waals surface area (Å²) in [4.78, 5) is 14.5. The molecule has 4 nitrogen and oxygen atoms in total. The fourth-order valence-corrected chi connectivity index (χ4v) is 4.49. The van der Waals surface area contributed by atoms with Crippen LogP contribution < -0.4 is 0 Å². The molecule has 3 aromatic carbocycles. The third-order valence-corrected chi connectivity index (χ3v) is 5.92. The first-order chi connectivity index (χ1) is 14.3. The SMILES string of the molecule is C=CCN1C(=O)C(Cc2ccccc2)SC1=NN=Cc1cccc2ccccc12. The van der Waals surface area contributed by atoms with Gasteiger partial charge < -0.3 is 0 Å². The van der Waals surface area contributed by atoms with Crippen LogP contribution in [0.2, 0.25) is 0 Å². The second kappa shape index (κ2) is 8.88. The van der Waals surface area contributed by atoms with E-state index in [0.717, 1.165) is 21.9 Å². The highest BCUT2D eigenvalue weighted by atomic mass is 32.2. The first kappa shape index (κ1) is 19.2. The number of amidine groups is 1. The van der Waals surface area contributed by atoms with Crippen LogP contribution in [-0.4, -0.2) is 34.0 Å². The quantitative estimate of drug-likeness (QED) is 0.336. The molecular weight excluding hydrogens is 378 g/mol. The standard InChI is InChI=1S/C24H21N3OS/c1-2-15-27-23(28)22(16-18-9-4-3-5-10-18)29-24(27)26-25-17-20-13-8-12-19-11-6-7-14-21(19)20/h2-14,17,22H,1,15-16H2. The Labute approximate surface area is 174 Å². The molecule has 29 heavy (non-hydrogen) atoms. The van der Waals surface area contributed by atoms with Crippen LogP contribution in [0.4, 0.5) is 0 Å². The Hall–Kier alpha value is -3.18. The highest BCUT2D eigenvalue weighted by Gasteiger charge is 2.37. The van der Waals surface area contributed by atoms with Gasteiger partial charge in [0.25, 0.3) is 0 Å². The molecule has 3 aromatic rings. The summed E-state index contributed by atoms with van der Waals surface area (Å²) in [5, 5.41) is 11.4. The van der Waals surface area contributed by atoms with E-state index in [2.05, 4.69) is 35.0 Å². The molecule has 4 rings (SSSR count). The number of benzene rings is 3. The number of fused-ring (bicyclic) bond motifs is 1. The molecule has 5 heteroatoms. The molecular formula is C24H21N3OS. The predicted molar refractivity (Wildman–Crippen MR) is 122 cm³/mol. The van der Waals surface area contributed by atoms with Crippen molar-refractivity contribution in [3.05, 3.63) is 96.6 Å². The Morgan fingerprint density at radius 3 is 2.59 bits per heavy atom. The monoisotopic (exact) mass is 399 g/mol. The molecule has 1 atom stereocenters. The second-order valence-electron chi connectivity index (χ2n) is 6.73. The maximum atomic E-state index is 12.8. The van der Waals surface area contributed by atoms with E-state index in [1.54, 1.807) is 17.2 Å². The lowest BCUT2D eigenvalue weighted by atomic mass is 10.1. The van der Waals surface area contributed by atoms with Crippen molar-refractivity contribution >= 4 is 39.8 Å². The summed E-state index contributed by atoms with van der Waals surface area (Å²) in [6.07, 6.45) is 4.13. The molecule has 1 heterocycles. The first-order valence-corrected chi connectivity index (χ1v) is 10.4. The number of hydrogen-bond acceptors (Lipinski definition) is 4. The lowest BCUT2D eigenvalue weighted by Gasteiger charge is -2.12. The van der Waals surface area contributed by atoms with Crippen LogP contribution in [0.5, 0.6) is 0 Å². The largest absolute Gasteiger partial charge is 0.285 e. The summed E-state index contributed by atoms with van der Waals surface area (Å²) in [6, 6.07) is 24.3. The first-order valence-electron chi connectivity index (χ1n) is 9.48. The van der Waals surface area contributed by atoms with E-state index in [-0.39, 0.29) is 11.2 Å². The molecule has 0 saturated carbocycles. The van der Waals surface area contributed by atoms with Crippen molar-refractivity contribution < 1.29 is 4.79 Å². The molecule has 1 amide bonds. The number of amides is 1. The molecule has 0 spiro atoms. The highest BCUT2D eigenvalue weighted by Crippen LogP contribution is 2.30. The zero-order valence-corrected chi connectivity index (χ0v) is 16.8. The van der Waals surface area contributed by atoms with Crippen molar-refractivity contribution in [2.75, 3.05) is 6.54 Å². The topological polar surface area (TPSA) is 45.0 Å². The van der Waals surface area contributed by atoms with Gasteiger partial charge in [0, 0.05) is 12.1 Å². The minimum absolute atomic E-state index is 0.0536. The van der Waals surface area contributed by atoms with E-state index in [1.807, 2.05) is 54.6 Å². The summed E-state index contributed by atoms with van der Waals surface area (Å²) in [6.45, 7) is 4.20. The van der Waals surface area contributed by atoms with Gasteiger partial charge in [-0.15, -0.1) is 11.7 Å². The molecule has 1 aliphatic rings. The van der Waals surface area contributed by atoms with Crippen molar-refractivity contribution in [2.45, 2.75) is 11.7 Å². The molecule has 144 valence electrons. The van der Waals surface area contributed by atoms with E-state index >= 15 is 0 Å². The number of carbonyl (C=O) groups excluding carboxylic acids is 1. The predicted octanol–water partition coefficient (Wildman–Crippen LogP) is 4.90. The van der Waals surface area contributed by atoms with Crippen LogP contribution in [0.1, 0.15) is 11.1 Å². The van der Waals surface area contributed by atoms with Crippen LogP contribution in [0.3, 0.4) is 0 Å². The number of rotatable bonds is 6. The third-order valence-electron chi connectivity index (χ3n) is 4.76. The van der Waals surface area contributed by atoms with Gasteiger partial charge in [0.15, 0.2) is 5.17 Å². The van der Waals surface area contributed by atoms with Crippen molar-refractivity contribution in [3.63, 3.8) is 0 Å². The van der Waals surface area contributed by atoms with Crippen molar-refractivity contribution in [3.8, 4) is 0 Å². The zero-order valence-electron chi connectivity index (χ0n) is 15.9. The molecule has 0 bridgehead atoms. The maximum absolute atomic E-state index is 12.8. The van der Waals surface area contributed by atoms with Gasteiger partial charge in [-0.2, -0.15) is 5.10 Å². The normalized spacial score (nSPS) is 18.2. The molecule has 0 aliphatic carbocycles. The molecule has 1 fully saturated rings. The van der Waals surface area contributed by atoms with Gasteiger partial charge >= 0.3 is 0 Å². The second-order valence-corrected chi connectivity index (χ2v) is 7.90. The summed E-state index contributed by atoms with van der Waals surface area (Å²) < 4.78 is 0. The van der Waals surface area contributed by atoms with Crippen molar-refractivity contribution in [1.29, 1.82) is 0 Å². The van der Waals surface area contributed by atoms with E-state index in [1.165, 1.54) is 11.8 Å². The summed E-state index contributed by atoms with van der Waals surface area (Å²) in [5.74, 6) is 0.0536. The summed E-state index contributed by atoms with van der Waals surface area (Å²) in [7, 11) is 0. The van der Waals surface area contributed by atoms with Crippen molar-refractivity contribution in [2.24, 2.45) is 10.2 Å². The number of hydrogen-bond donors (Lipinski definition) is 0. The smallest absolute Gasteiger partial charge is 0.242 e. The molecule has 1 aliphatic heterocycles. The number of thioether (sulfide) groups is 1. The Morgan fingerprint density at radius 1 is 1.00 bits per heavy atom. The molecule has 1 saturated heterocycles. The molecule has 0 aromatic heterocycles. The Morgan fingerprint density at radius 2 is 1.76 bits per heavy atom. The lowest BCUT2D eigenvalue weighted by Crippen LogP contribution is -2.32. The number of carbonyl (C=O) groups is 1. The maximum Gasteiger partial charge on any atom is 0.242 e. The van der Waals surface area contributed by atoms with Gasteiger partial charge in [-0.3, -0.25) is 9.69 Å². The van der Waals surface area contributed by atoms with E-state index in [4.69, 9.17) is 0 Å². The van der Waals surface area contributed by atoms with E-state index in [0.29, 0.717) is 18.1 Å². The van der Waals surface area contributed by atoms with Crippen LogP contribution in [0, 0.1) is 0 Å². The van der Waals surface area contributed by atoms with E-state index < -0.39 is 0 Å². The molecule has 0 N–H and O–H groups in total. The average Bonchev–Trinajstić information content (AvgIpc) is 3.04. The van der Waals surface area contributed by atoms with Crippen LogP contribution in [-0.2, 0) is 11.2 Å². The van der Waals surface area contributed by atoms with E-state index in [9.17, 15) is 4.79 Å². The summed E-state index contributed by atoms with van der Waals surface area (Å²) >= 11 is 1.47. The van der Waals surface area contributed by atoms with Gasteiger partial charge in [-0.25, -0.2) is 0 Å². The Balaban J connectivity index is 1.56. The molecule has 0 radical (unpaired) electrons. The minimum atomic E-state index is -0.191. The fraction of sp³-hybridized carbons (Fsp3) is 0.125. The summed E-state index contributed by atoms with van der Waals surface area (Å²) in [5.41, 5.74) is 2.13.